The number of amidine groups is 1. The molecule has 104 valence electrons. The Bertz CT molecular complexity index is 516. The summed E-state index contributed by atoms with van der Waals surface area (Å²) in [6, 6.07) is 3.13. The van der Waals surface area contributed by atoms with E-state index in [1.54, 1.807) is 12.1 Å². The van der Waals surface area contributed by atoms with Gasteiger partial charge >= 0.3 is 0 Å². The van der Waals surface area contributed by atoms with Gasteiger partial charge in [0, 0.05) is 17.9 Å². The number of halogens is 3. The molecule has 4 nitrogen and oxygen atoms in total. The maximum absolute atomic E-state index is 8.59. The van der Waals surface area contributed by atoms with Crippen molar-refractivity contribution in [3.8, 4) is 5.75 Å². The van der Waals surface area contributed by atoms with Crippen molar-refractivity contribution in [2.45, 2.75) is 19.3 Å². The molecule has 0 amide bonds. The SMILES string of the molecule is NC(CC1(COc2cc(Cl)c(Cl)cc2Cl)CC1)=NO. The smallest absolute Gasteiger partial charge is 0.139 e. The normalized spacial score (nSPS) is 17.3. The molecule has 7 heteroatoms. The molecule has 0 aliphatic heterocycles. The summed E-state index contributed by atoms with van der Waals surface area (Å²) < 4.78 is 5.68. The Kier molecular flexibility index (Phi) is 4.33. The molecular formula is C12H13Cl3N2O2. The maximum atomic E-state index is 8.59. The van der Waals surface area contributed by atoms with Gasteiger partial charge in [-0.1, -0.05) is 40.0 Å². The first kappa shape index (κ1) is 14.6. The number of hydrogen-bond acceptors (Lipinski definition) is 3. The molecule has 1 fully saturated rings. The molecule has 1 aliphatic rings. The summed E-state index contributed by atoms with van der Waals surface area (Å²) in [7, 11) is 0. The lowest BCUT2D eigenvalue weighted by molar-refractivity contribution is 0.236. The van der Waals surface area contributed by atoms with Gasteiger partial charge < -0.3 is 15.7 Å². The second-order valence-electron chi connectivity index (χ2n) is 4.75. The van der Waals surface area contributed by atoms with Crippen molar-refractivity contribution in [1.82, 2.24) is 0 Å². The van der Waals surface area contributed by atoms with Gasteiger partial charge in [-0.2, -0.15) is 0 Å². The van der Waals surface area contributed by atoms with Crippen LogP contribution < -0.4 is 10.5 Å². The Labute approximate surface area is 126 Å². The van der Waals surface area contributed by atoms with E-state index >= 15 is 0 Å². The van der Waals surface area contributed by atoms with E-state index < -0.39 is 0 Å². The molecule has 0 radical (unpaired) electrons. The molecule has 1 aromatic carbocycles. The van der Waals surface area contributed by atoms with Crippen molar-refractivity contribution in [2.75, 3.05) is 6.61 Å². The molecule has 0 bridgehead atoms. The van der Waals surface area contributed by atoms with Gasteiger partial charge in [-0.25, -0.2) is 0 Å². The predicted molar refractivity (Wildman–Crippen MR) is 76.7 cm³/mol. The first-order valence-corrected chi connectivity index (χ1v) is 6.83. The number of rotatable bonds is 5. The van der Waals surface area contributed by atoms with E-state index in [2.05, 4.69) is 5.16 Å². The highest BCUT2D eigenvalue weighted by Gasteiger charge is 2.44. The molecule has 0 saturated heterocycles. The van der Waals surface area contributed by atoms with Crippen LogP contribution in [0.2, 0.25) is 15.1 Å². The van der Waals surface area contributed by atoms with Crippen molar-refractivity contribution in [1.29, 1.82) is 0 Å². The lowest BCUT2D eigenvalue weighted by atomic mass is 10.0. The van der Waals surface area contributed by atoms with Gasteiger partial charge in [0.05, 0.1) is 21.7 Å². The zero-order valence-electron chi connectivity index (χ0n) is 10.00. The Morgan fingerprint density at radius 2 is 1.89 bits per heavy atom. The van der Waals surface area contributed by atoms with Gasteiger partial charge in [0.1, 0.15) is 11.6 Å². The highest BCUT2D eigenvalue weighted by molar-refractivity contribution is 6.43. The first-order chi connectivity index (χ1) is 8.96. The second-order valence-corrected chi connectivity index (χ2v) is 5.98. The minimum Gasteiger partial charge on any atom is -0.491 e. The summed E-state index contributed by atoms with van der Waals surface area (Å²) in [6.07, 6.45) is 2.45. The molecule has 1 saturated carbocycles. The van der Waals surface area contributed by atoms with E-state index in [9.17, 15) is 0 Å². The fourth-order valence-corrected chi connectivity index (χ4v) is 2.41. The Hall–Kier alpha value is -0.840. The van der Waals surface area contributed by atoms with E-state index in [-0.39, 0.29) is 11.3 Å². The summed E-state index contributed by atoms with van der Waals surface area (Å²) in [4.78, 5) is 0. The molecular weight excluding hydrogens is 311 g/mol. The third-order valence-corrected chi connectivity index (χ3v) is 4.17. The van der Waals surface area contributed by atoms with Crippen LogP contribution in [0, 0.1) is 5.41 Å². The molecule has 0 atom stereocenters. The van der Waals surface area contributed by atoms with Crippen molar-refractivity contribution >= 4 is 40.6 Å². The largest absolute Gasteiger partial charge is 0.491 e. The second kappa shape index (κ2) is 5.65. The fraction of sp³-hybridized carbons (Fsp3) is 0.417. The average Bonchev–Trinajstić information content (AvgIpc) is 3.12. The molecule has 1 aliphatic carbocycles. The maximum Gasteiger partial charge on any atom is 0.139 e. The lowest BCUT2D eigenvalue weighted by Gasteiger charge is -2.16. The number of hydrogen-bond donors (Lipinski definition) is 2. The van der Waals surface area contributed by atoms with Gasteiger partial charge in [0.15, 0.2) is 0 Å². The van der Waals surface area contributed by atoms with E-state index in [1.807, 2.05) is 0 Å². The van der Waals surface area contributed by atoms with Crippen LogP contribution in [0.5, 0.6) is 5.75 Å². The van der Waals surface area contributed by atoms with Crippen molar-refractivity contribution < 1.29 is 9.94 Å². The van der Waals surface area contributed by atoms with E-state index in [4.69, 9.17) is 50.5 Å². The summed E-state index contributed by atoms with van der Waals surface area (Å²) in [6.45, 7) is 0.445. The standard InChI is InChI=1S/C12H13Cl3N2O2/c13-7-3-9(15)10(4-8(7)14)19-6-12(1-2-12)5-11(16)17-18/h3-4,18H,1-2,5-6H2,(H2,16,17). The molecule has 1 aromatic rings. The highest BCUT2D eigenvalue weighted by Crippen LogP contribution is 2.49. The highest BCUT2D eigenvalue weighted by atomic mass is 35.5. The van der Waals surface area contributed by atoms with Crippen molar-refractivity contribution in [3.63, 3.8) is 0 Å². The fourth-order valence-electron chi connectivity index (χ4n) is 1.81. The van der Waals surface area contributed by atoms with Crippen LogP contribution in [0.15, 0.2) is 17.3 Å². The van der Waals surface area contributed by atoms with Gasteiger partial charge in [0.25, 0.3) is 0 Å². The van der Waals surface area contributed by atoms with Crippen LogP contribution in [0.4, 0.5) is 0 Å². The van der Waals surface area contributed by atoms with Crippen LogP contribution in [-0.2, 0) is 0 Å². The number of nitrogens with zero attached hydrogens (tertiary/aromatic N) is 1. The van der Waals surface area contributed by atoms with E-state index in [1.165, 1.54) is 0 Å². The summed E-state index contributed by atoms with van der Waals surface area (Å²) >= 11 is 17.8. The predicted octanol–water partition coefficient (Wildman–Crippen LogP) is 3.94. The zero-order valence-corrected chi connectivity index (χ0v) is 12.3. The van der Waals surface area contributed by atoms with Crippen LogP contribution in [0.25, 0.3) is 0 Å². The third-order valence-electron chi connectivity index (χ3n) is 3.15. The first-order valence-electron chi connectivity index (χ1n) is 5.69. The number of oxime groups is 1. The van der Waals surface area contributed by atoms with Gasteiger partial charge in [-0.15, -0.1) is 0 Å². The number of benzene rings is 1. The average molecular weight is 324 g/mol. The van der Waals surface area contributed by atoms with Gasteiger partial charge in [-0.3, -0.25) is 0 Å². The Morgan fingerprint density at radius 1 is 1.26 bits per heavy atom. The molecule has 3 N–H and O–H groups in total. The molecule has 19 heavy (non-hydrogen) atoms. The van der Waals surface area contributed by atoms with E-state index in [0.717, 1.165) is 12.8 Å². The molecule has 0 unspecified atom stereocenters. The molecule has 0 aromatic heterocycles. The Morgan fingerprint density at radius 3 is 2.47 bits per heavy atom. The van der Waals surface area contributed by atoms with Gasteiger partial charge in [0.2, 0.25) is 0 Å². The lowest BCUT2D eigenvalue weighted by Crippen LogP contribution is -2.22. The van der Waals surface area contributed by atoms with Crippen LogP contribution in [-0.4, -0.2) is 17.6 Å². The van der Waals surface area contributed by atoms with Crippen molar-refractivity contribution in [2.24, 2.45) is 16.3 Å². The van der Waals surface area contributed by atoms with Crippen LogP contribution in [0.3, 0.4) is 0 Å². The Balaban J connectivity index is 2.01. The quantitative estimate of drug-likeness (QED) is 0.283. The minimum absolute atomic E-state index is 0.0637. The summed E-state index contributed by atoms with van der Waals surface area (Å²) in [5.74, 6) is 0.697. The zero-order chi connectivity index (χ0) is 14.0. The topological polar surface area (TPSA) is 67.8 Å². The monoisotopic (exact) mass is 322 g/mol. The van der Waals surface area contributed by atoms with Crippen LogP contribution >= 0.6 is 34.8 Å². The molecule has 0 heterocycles. The summed E-state index contributed by atoms with van der Waals surface area (Å²) in [5, 5.41) is 12.8. The van der Waals surface area contributed by atoms with E-state index in [0.29, 0.717) is 33.8 Å². The third kappa shape index (κ3) is 3.59. The number of nitrogens with two attached hydrogens (primary N) is 1. The minimum atomic E-state index is -0.0637. The molecule has 0 spiro atoms. The summed E-state index contributed by atoms with van der Waals surface area (Å²) in [5.41, 5.74) is 5.46. The van der Waals surface area contributed by atoms with Crippen LogP contribution in [0.1, 0.15) is 19.3 Å². The van der Waals surface area contributed by atoms with Crippen molar-refractivity contribution in [3.05, 3.63) is 27.2 Å². The van der Waals surface area contributed by atoms with Gasteiger partial charge in [-0.05, 0) is 18.9 Å². The molecule has 2 rings (SSSR count). The number of ether oxygens (including phenoxy) is 1.